The largest absolute Gasteiger partial charge is 0.480 e. The molecule has 18 heavy (non-hydrogen) atoms. The Morgan fingerprint density at radius 1 is 1.61 bits per heavy atom. The summed E-state index contributed by atoms with van der Waals surface area (Å²) in [5, 5.41) is 12.4. The second-order valence-corrected chi connectivity index (χ2v) is 5.25. The minimum Gasteiger partial charge on any atom is -0.480 e. The van der Waals surface area contributed by atoms with Gasteiger partial charge >= 0.3 is 5.97 Å². The Balaban J connectivity index is 2.93. The number of aryl methyl sites for hydroxylation is 1. The first-order valence-corrected chi connectivity index (χ1v) is 6.23. The van der Waals surface area contributed by atoms with Gasteiger partial charge in [0.25, 0.3) is 0 Å². The molecule has 0 unspecified atom stereocenters. The summed E-state index contributed by atoms with van der Waals surface area (Å²) >= 11 is 0. The first-order chi connectivity index (χ1) is 8.22. The number of aliphatic carboxylic acids is 1. The Labute approximate surface area is 103 Å². The number of aromatic nitrogens is 2. The standard InChI is InChI=1S/C8H12N4O5S/c1-12-4-5(3-10-12)18(16,17)11-6(8(14)15)2-7(9)13/h3-4,6,11H,2H2,1H3,(H2,9,13)(H,14,15)/t6-/m0/s1. The number of primary amides is 1. The Morgan fingerprint density at radius 3 is 2.61 bits per heavy atom. The molecule has 100 valence electrons. The molecule has 0 bridgehead atoms. The number of sulfonamides is 1. The molecule has 10 heteroatoms. The van der Waals surface area contributed by atoms with Crippen molar-refractivity contribution < 1.29 is 23.1 Å². The first-order valence-electron chi connectivity index (χ1n) is 4.74. The van der Waals surface area contributed by atoms with Crippen molar-refractivity contribution in [2.24, 2.45) is 12.8 Å². The number of nitrogens with one attached hydrogen (secondary N) is 1. The van der Waals surface area contributed by atoms with E-state index < -0.39 is 34.4 Å². The van der Waals surface area contributed by atoms with Crippen molar-refractivity contribution in [2.45, 2.75) is 17.4 Å². The van der Waals surface area contributed by atoms with E-state index in [1.54, 1.807) is 0 Å². The Kier molecular flexibility index (Phi) is 4.03. The predicted octanol–water partition coefficient (Wildman–Crippen LogP) is -1.97. The van der Waals surface area contributed by atoms with Gasteiger partial charge < -0.3 is 10.8 Å². The van der Waals surface area contributed by atoms with Crippen LogP contribution in [0.4, 0.5) is 0 Å². The lowest BCUT2D eigenvalue weighted by atomic mass is 10.2. The number of nitrogens with zero attached hydrogens (tertiary/aromatic N) is 2. The number of rotatable bonds is 6. The van der Waals surface area contributed by atoms with Gasteiger partial charge in [0.15, 0.2) is 0 Å². The molecule has 4 N–H and O–H groups in total. The van der Waals surface area contributed by atoms with Gasteiger partial charge in [0.05, 0.1) is 12.6 Å². The van der Waals surface area contributed by atoms with Gasteiger partial charge in [-0.2, -0.15) is 9.82 Å². The summed E-state index contributed by atoms with van der Waals surface area (Å²) in [6, 6.07) is -1.60. The van der Waals surface area contributed by atoms with Crippen molar-refractivity contribution >= 4 is 21.9 Å². The Morgan fingerprint density at radius 2 is 2.22 bits per heavy atom. The van der Waals surface area contributed by atoms with Crippen LogP contribution in [0.2, 0.25) is 0 Å². The lowest BCUT2D eigenvalue weighted by molar-refractivity contribution is -0.140. The second-order valence-electron chi connectivity index (χ2n) is 3.53. The van der Waals surface area contributed by atoms with Gasteiger partial charge in [-0.25, -0.2) is 8.42 Å². The smallest absolute Gasteiger partial charge is 0.322 e. The van der Waals surface area contributed by atoms with Crippen molar-refractivity contribution in [3.05, 3.63) is 12.4 Å². The molecule has 1 aromatic heterocycles. The van der Waals surface area contributed by atoms with Crippen molar-refractivity contribution in [1.82, 2.24) is 14.5 Å². The highest BCUT2D eigenvalue weighted by atomic mass is 32.2. The summed E-state index contributed by atoms with van der Waals surface area (Å²) < 4.78 is 26.6. The summed E-state index contributed by atoms with van der Waals surface area (Å²) in [6.07, 6.45) is 1.63. The summed E-state index contributed by atoms with van der Waals surface area (Å²) in [6.45, 7) is 0. The van der Waals surface area contributed by atoms with Crippen molar-refractivity contribution in [3.8, 4) is 0 Å². The van der Waals surface area contributed by atoms with Gasteiger partial charge in [-0.1, -0.05) is 0 Å². The van der Waals surface area contributed by atoms with Gasteiger partial charge in [-0.3, -0.25) is 14.3 Å². The second kappa shape index (κ2) is 5.14. The van der Waals surface area contributed by atoms with E-state index in [1.807, 2.05) is 4.72 Å². The molecule has 0 aliphatic heterocycles. The minimum atomic E-state index is -4.05. The molecule has 0 saturated heterocycles. The number of hydrogen-bond acceptors (Lipinski definition) is 5. The van der Waals surface area contributed by atoms with Crippen LogP contribution in [0.25, 0.3) is 0 Å². The molecule has 1 aromatic rings. The summed E-state index contributed by atoms with van der Waals surface area (Å²) in [4.78, 5) is 21.2. The molecule has 1 amide bonds. The highest BCUT2D eigenvalue weighted by Crippen LogP contribution is 2.08. The number of amides is 1. The third kappa shape index (κ3) is 3.53. The van der Waals surface area contributed by atoms with E-state index in [0.717, 1.165) is 6.20 Å². The highest BCUT2D eigenvalue weighted by Gasteiger charge is 2.27. The fourth-order valence-corrected chi connectivity index (χ4v) is 2.35. The van der Waals surface area contributed by atoms with Crippen LogP contribution in [0.1, 0.15) is 6.42 Å². The number of carboxylic acid groups (broad SMARTS) is 1. The lowest BCUT2D eigenvalue weighted by Gasteiger charge is -2.11. The number of carbonyl (C=O) groups is 2. The number of carbonyl (C=O) groups excluding carboxylic acids is 1. The van der Waals surface area contributed by atoms with Crippen LogP contribution < -0.4 is 10.5 Å². The summed E-state index contributed by atoms with van der Waals surface area (Å²) in [5.41, 5.74) is 4.84. The number of hydrogen-bond donors (Lipinski definition) is 3. The quantitative estimate of drug-likeness (QED) is 0.549. The van der Waals surface area contributed by atoms with Crippen LogP contribution in [0.3, 0.4) is 0 Å². The highest BCUT2D eigenvalue weighted by molar-refractivity contribution is 7.89. The van der Waals surface area contributed by atoms with E-state index in [9.17, 15) is 18.0 Å². The maximum absolute atomic E-state index is 11.8. The Hall–Kier alpha value is -1.94. The van der Waals surface area contributed by atoms with Crippen molar-refractivity contribution in [2.75, 3.05) is 0 Å². The van der Waals surface area contributed by atoms with E-state index in [0.29, 0.717) is 0 Å². The number of carboxylic acids is 1. The molecule has 0 aliphatic carbocycles. The van der Waals surface area contributed by atoms with E-state index in [-0.39, 0.29) is 4.90 Å². The fourth-order valence-electron chi connectivity index (χ4n) is 1.17. The third-order valence-corrected chi connectivity index (χ3v) is 3.42. The molecular formula is C8H12N4O5S. The monoisotopic (exact) mass is 276 g/mol. The van der Waals surface area contributed by atoms with Crippen molar-refractivity contribution in [3.63, 3.8) is 0 Å². The summed E-state index contributed by atoms with van der Waals surface area (Å²) in [7, 11) is -2.54. The van der Waals surface area contributed by atoms with Crippen LogP contribution >= 0.6 is 0 Å². The maximum atomic E-state index is 11.8. The van der Waals surface area contributed by atoms with Gasteiger partial charge in [0.2, 0.25) is 15.9 Å². The van der Waals surface area contributed by atoms with E-state index in [2.05, 4.69) is 5.10 Å². The molecule has 0 aromatic carbocycles. The fraction of sp³-hybridized carbons (Fsp3) is 0.375. The molecule has 0 aliphatic rings. The maximum Gasteiger partial charge on any atom is 0.322 e. The van der Waals surface area contributed by atoms with E-state index >= 15 is 0 Å². The molecule has 0 fully saturated rings. The molecule has 1 atom stereocenters. The molecule has 0 saturated carbocycles. The van der Waals surface area contributed by atoms with Crippen LogP contribution in [0.5, 0.6) is 0 Å². The first kappa shape index (κ1) is 14.1. The minimum absolute atomic E-state index is 0.194. The Bertz CT molecular complexity index is 564. The lowest BCUT2D eigenvalue weighted by Crippen LogP contribution is -2.43. The zero-order chi connectivity index (χ0) is 13.9. The third-order valence-electron chi connectivity index (χ3n) is 1.99. The van der Waals surface area contributed by atoms with Crippen LogP contribution in [-0.2, 0) is 26.7 Å². The zero-order valence-electron chi connectivity index (χ0n) is 9.40. The predicted molar refractivity (Wildman–Crippen MR) is 58.8 cm³/mol. The van der Waals surface area contributed by atoms with Gasteiger partial charge in [0, 0.05) is 13.2 Å². The molecule has 0 spiro atoms. The summed E-state index contributed by atoms with van der Waals surface area (Å²) in [5.74, 6) is -2.41. The molecule has 1 heterocycles. The SMILES string of the molecule is Cn1cc(S(=O)(=O)N[C@@H](CC(N)=O)C(=O)O)cn1. The van der Waals surface area contributed by atoms with Crippen LogP contribution in [0, 0.1) is 0 Å². The normalized spacial score (nSPS) is 13.2. The van der Waals surface area contributed by atoms with E-state index in [4.69, 9.17) is 10.8 Å². The average Bonchev–Trinajstić information content (AvgIpc) is 2.63. The van der Waals surface area contributed by atoms with Crippen LogP contribution in [0.15, 0.2) is 17.3 Å². The van der Waals surface area contributed by atoms with Crippen molar-refractivity contribution in [1.29, 1.82) is 0 Å². The number of nitrogens with two attached hydrogens (primary N) is 1. The van der Waals surface area contributed by atoms with Gasteiger partial charge in [-0.15, -0.1) is 0 Å². The van der Waals surface area contributed by atoms with Gasteiger partial charge in [-0.05, 0) is 0 Å². The van der Waals surface area contributed by atoms with Gasteiger partial charge in [0.1, 0.15) is 10.9 Å². The van der Waals surface area contributed by atoms with E-state index in [1.165, 1.54) is 17.9 Å². The zero-order valence-corrected chi connectivity index (χ0v) is 10.2. The molecular weight excluding hydrogens is 264 g/mol. The van der Waals surface area contributed by atoms with Crippen LogP contribution in [-0.4, -0.2) is 41.2 Å². The average molecular weight is 276 g/mol. The molecule has 9 nitrogen and oxygen atoms in total. The molecule has 1 rings (SSSR count). The molecule has 0 radical (unpaired) electrons. The topological polar surface area (TPSA) is 144 Å².